The molecule has 3 nitrogen and oxygen atoms in total. The van der Waals surface area contributed by atoms with Crippen molar-refractivity contribution in [2.24, 2.45) is 7.05 Å². The standard InChI is InChI=1S/C7H9N.C5H8N2/c1-6-4-3-5-7(2)8-6;1-5-3-4-7(2)6-5/h3-5H,1-2H3;3-4H,1-2H3. The van der Waals surface area contributed by atoms with Crippen molar-refractivity contribution in [1.29, 1.82) is 0 Å². The molecule has 0 amide bonds. The van der Waals surface area contributed by atoms with Gasteiger partial charge in [0.25, 0.3) is 0 Å². The van der Waals surface area contributed by atoms with Crippen LogP contribution in [-0.4, -0.2) is 14.8 Å². The first kappa shape index (κ1) is 11.4. The van der Waals surface area contributed by atoms with E-state index in [1.807, 2.05) is 58.3 Å². The van der Waals surface area contributed by atoms with Crippen LogP contribution in [0.5, 0.6) is 0 Å². The number of pyridine rings is 1. The Kier molecular flexibility index (Phi) is 4.03. The van der Waals surface area contributed by atoms with Crippen LogP contribution < -0.4 is 0 Å². The number of aryl methyl sites for hydroxylation is 4. The zero-order valence-electron chi connectivity index (χ0n) is 9.73. The molecule has 0 aliphatic heterocycles. The number of nitrogens with zero attached hydrogens (tertiary/aromatic N) is 3. The molecular weight excluding hydrogens is 186 g/mol. The van der Waals surface area contributed by atoms with E-state index in [1.54, 1.807) is 4.68 Å². The van der Waals surface area contributed by atoms with Gasteiger partial charge in [0.2, 0.25) is 0 Å². The van der Waals surface area contributed by atoms with Gasteiger partial charge >= 0.3 is 0 Å². The predicted molar refractivity (Wildman–Crippen MR) is 61.7 cm³/mol. The minimum absolute atomic E-state index is 1.07. The summed E-state index contributed by atoms with van der Waals surface area (Å²) in [6, 6.07) is 7.97. The molecule has 2 heterocycles. The second kappa shape index (κ2) is 5.29. The highest BCUT2D eigenvalue weighted by atomic mass is 15.2. The summed E-state index contributed by atoms with van der Waals surface area (Å²) >= 11 is 0. The van der Waals surface area contributed by atoms with Gasteiger partial charge in [-0.3, -0.25) is 9.67 Å². The number of aromatic nitrogens is 3. The number of hydrogen-bond donors (Lipinski definition) is 0. The highest BCUT2D eigenvalue weighted by molar-refractivity contribution is 5.07. The van der Waals surface area contributed by atoms with Gasteiger partial charge in [0.05, 0.1) is 5.69 Å². The Morgan fingerprint density at radius 2 is 1.53 bits per heavy atom. The highest BCUT2D eigenvalue weighted by Gasteiger charge is 1.82. The fourth-order valence-electron chi connectivity index (χ4n) is 1.21. The second-order valence-electron chi connectivity index (χ2n) is 3.55. The van der Waals surface area contributed by atoms with Crippen LogP contribution in [0.2, 0.25) is 0 Å². The third kappa shape index (κ3) is 4.40. The molecule has 0 aliphatic rings. The van der Waals surface area contributed by atoms with E-state index in [-0.39, 0.29) is 0 Å². The van der Waals surface area contributed by atoms with Crippen molar-refractivity contribution in [3.63, 3.8) is 0 Å². The van der Waals surface area contributed by atoms with Gasteiger partial charge in [-0.2, -0.15) is 5.10 Å². The molecular formula is C12H17N3. The topological polar surface area (TPSA) is 30.7 Å². The van der Waals surface area contributed by atoms with E-state index in [4.69, 9.17) is 0 Å². The molecule has 0 saturated heterocycles. The fraction of sp³-hybridized carbons (Fsp3) is 0.333. The van der Waals surface area contributed by atoms with Crippen molar-refractivity contribution in [2.45, 2.75) is 20.8 Å². The van der Waals surface area contributed by atoms with Crippen LogP contribution in [-0.2, 0) is 7.05 Å². The van der Waals surface area contributed by atoms with Crippen LogP contribution in [0.1, 0.15) is 17.1 Å². The van der Waals surface area contributed by atoms with E-state index >= 15 is 0 Å². The Labute approximate surface area is 90.8 Å². The molecule has 0 atom stereocenters. The molecule has 2 aromatic heterocycles. The van der Waals surface area contributed by atoms with Crippen LogP contribution in [0.15, 0.2) is 30.5 Å². The molecule has 0 radical (unpaired) electrons. The summed E-state index contributed by atoms with van der Waals surface area (Å²) in [6.07, 6.45) is 1.93. The van der Waals surface area contributed by atoms with Gasteiger partial charge in [-0.05, 0) is 39.0 Å². The lowest BCUT2D eigenvalue weighted by Crippen LogP contribution is -1.86. The highest BCUT2D eigenvalue weighted by Crippen LogP contribution is 1.93. The summed E-state index contributed by atoms with van der Waals surface area (Å²) in [5, 5.41) is 4.03. The quantitative estimate of drug-likeness (QED) is 0.658. The first-order valence-corrected chi connectivity index (χ1v) is 4.94. The molecule has 2 aromatic rings. The second-order valence-corrected chi connectivity index (χ2v) is 3.55. The molecule has 3 heteroatoms. The van der Waals surface area contributed by atoms with Gasteiger partial charge in [0.1, 0.15) is 0 Å². The Morgan fingerprint density at radius 3 is 1.73 bits per heavy atom. The average molecular weight is 203 g/mol. The third-order valence-electron chi connectivity index (χ3n) is 1.87. The Bertz CT molecular complexity index is 385. The van der Waals surface area contributed by atoms with Gasteiger partial charge in [0.15, 0.2) is 0 Å². The van der Waals surface area contributed by atoms with Crippen molar-refractivity contribution in [1.82, 2.24) is 14.8 Å². The van der Waals surface area contributed by atoms with E-state index in [9.17, 15) is 0 Å². The first-order valence-electron chi connectivity index (χ1n) is 4.94. The Balaban J connectivity index is 0.000000151. The minimum Gasteiger partial charge on any atom is -0.276 e. The van der Waals surface area contributed by atoms with Crippen LogP contribution in [0, 0.1) is 20.8 Å². The van der Waals surface area contributed by atoms with Gasteiger partial charge in [-0.1, -0.05) is 6.07 Å². The number of rotatable bonds is 0. The van der Waals surface area contributed by atoms with Crippen molar-refractivity contribution in [3.8, 4) is 0 Å². The molecule has 0 N–H and O–H groups in total. The Hall–Kier alpha value is -1.64. The average Bonchev–Trinajstić information content (AvgIpc) is 2.50. The molecule has 0 spiro atoms. The van der Waals surface area contributed by atoms with Crippen LogP contribution >= 0.6 is 0 Å². The monoisotopic (exact) mass is 203 g/mol. The van der Waals surface area contributed by atoms with Gasteiger partial charge in [-0.15, -0.1) is 0 Å². The van der Waals surface area contributed by atoms with Gasteiger partial charge in [0, 0.05) is 24.6 Å². The summed E-state index contributed by atoms with van der Waals surface area (Å²) in [7, 11) is 1.91. The smallest absolute Gasteiger partial charge is 0.0593 e. The maximum atomic E-state index is 4.17. The van der Waals surface area contributed by atoms with Gasteiger partial charge < -0.3 is 0 Å². The largest absolute Gasteiger partial charge is 0.276 e. The molecule has 15 heavy (non-hydrogen) atoms. The minimum atomic E-state index is 1.07. The molecule has 0 aliphatic carbocycles. The normalized spacial score (nSPS) is 9.33. The summed E-state index contributed by atoms with van der Waals surface area (Å²) in [6.45, 7) is 5.96. The molecule has 80 valence electrons. The summed E-state index contributed by atoms with van der Waals surface area (Å²) in [5.74, 6) is 0. The van der Waals surface area contributed by atoms with Crippen molar-refractivity contribution in [2.75, 3.05) is 0 Å². The summed E-state index contributed by atoms with van der Waals surface area (Å²) in [4.78, 5) is 4.17. The Morgan fingerprint density at radius 1 is 0.933 bits per heavy atom. The third-order valence-corrected chi connectivity index (χ3v) is 1.87. The first-order chi connectivity index (χ1) is 7.08. The van der Waals surface area contributed by atoms with E-state index in [0.29, 0.717) is 0 Å². The molecule has 2 rings (SSSR count). The lowest BCUT2D eigenvalue weighted by molar-refractivity contribution is 0.756. The zero-order chi connectivity index (χ0) is 11.3. The lowest BCUT2D eigenvalue weighted by Gasteiger charge is -1.90. The lowest BCUT2D eigenvalue weighted by atomic mass is 10.3. The molecule has 0 fully saturated rings. The van der Waals surface area contributed by atoms with E-state index < -0.39 is 0 Å². The van der Waals surface area contributed by atoms with Crippen LogP contribution in [0.25, 0.3) is 0 Å². The van der Waals surface area contributed by atoms with E-state index in [2.05, 4.69) is 10.1 Å². The molecule has 0 unspecified atom stereocenters. The maximum absolute atomic E-state index is 4.17. The van der Waals surface area contributed by atoms with E-state index in [0.717, 1.165) is 17.1 Å². The molecule has 0 bridgehead atoms. The maximum Gasteiger partial charge on any atom is 0.0593 e. The SMILES string of the molecule is Cc1cccc(C)n1.Cc1ccn(C)n1. The van der Waals surface area contributed by atoms with Gasteiger partial charge in [-0.25, -0.2) is 0 Å². The molecule has 0 aromatic carbocycles. The summed E-state index contributed by atoms with van der Waals surface area (Å²) < 4.78 is 1.79. The van der Waals surface area contributed by atoms with Crippen LogP contribution in [0.3, 0.4) is 0 Å². The molecule has 0 saturated carbocycles. The van der Waals surface area contributed by atoms with E-state index in [1.165, 1.54) is 0 Å². The predicted octanol–water partition coefficient (Wildman–Crippen LogP) is 2.43. The summed E-state index contributed by atoms with van der Waals surface area (Å²) in [5.41, 5.74) is 3.25. The zero-order valence-corrected chi connectivity index (χ0v) is 9.73. The number of hydrogen-bond acceptors (Lipinski definition) is 2. The van der Waals surface area contributed by atoms with Crippen molar-refractivity contribution in [3.05, 3.63) is 47.5 Å². The van der Waals surface area contributed by atoms with Crippen molar-refractivity contribution < 1.29 is 0 Å². The van der Waals surface area contributed by atoms with Crippen LogP contribution in [0.4, 0.5) is 0 Å². The van der Waals surface area contributed by atoms with Crippen molar-refractivity contribution >= 4 is 0 Å². The fourth-order valence-corrected chi connectivity index (χ4v) is 1.21.